The third kappa shape index (κ3) is 10.1. The highest BCUT2D eigenvalue weighted by molar-refractivity contribution is 6.32. The molecule has 3 heterocycles. The zero-order chi connectivity index (χ0) is 47.4. The van der Waals surface area contributed by atoms with E-state index in [1.807, 2.05) is 56.9 Å². The predicted octanol–water partition coefficient (Wildman–Crippen LogP) is 9.50. The van der Waals surface area contributed by atoms with Crippen LogP contribution >= 0.6 is 23.2 Å². The van der Waals surface area contributed by atoms with Crippen LogP contribution in [0.3, 0.4) is 0 Å². The summed E-state index contributed by atoms with van der Waals surface area (Å²) in [7, 11) is 3.02. The van der Waals surface area contributed by atoms with Gasteiger partial charge in [-0.2, -0.15) is 4.98 Å². The molecule has 2 saturated heterocycles. The van der Waals surface area contributed by atoms with E-state index in [0.717, 1.165) is 55.5 Å². The number of nitrogens with two attached hydrogens (primary N) is 1. The number of rotatable bonds is 12. The van der Waals surface area contributed by atoms with Crippen molar-refractivity contribution in [2.45, 2.75) is 90.5 Å². The smallest absolute Gasteiger partial charge is 0.339 e. The Balaban J connectivity index is 0.000000162. The van der Waals surface area contributed by atoms with Gasteiger partial charge in [-0.25, -0.2) is 4.79 Å². The number of carbonyl (C=O) groups is 3. The topological polar surface area (TPSA) is 212 Å². The summed E-state index contributed by atoms with van der Waals surface area (Å²) in [6.45, 7) is 7.71. The average Bonchev–Trinajstić information content (AvgIpc) is 4.16. The van der Waals surface area contributed by atoms with Gasteiger partial charge in [-0.15, -0.1) is 0 Å². The molecule has 4 aliphatic rings. The zero-order valence-electron chi connectivity index (χ0n) is 37.4. The largest absolute Gasteiger partial charge is 0.496 e. The molecule has 2 saturated carbocycles. The number of carboxylic acid groups (broad SMARTS) is 1. The summed E-state index contributed by atoms with van der Waals surface area (Å²) in [5.74, 6) is 2.46. The van der Waals surface area contributed by atoms with Crippen molar-refractivity contribution in [1.82, 2.24) is 10.1 Å². The van der Waals surface area contributed by atoms with E-state index < -0.39 is 5.97 Å². The van der Waals surface area contributed by atoms with Gasteiger partial charge in [-0.3, -0.25) is 9.59 Å². The Bertz CT molecular complexity index is 2640. The van der Waals surface area contributed by atoms with Crippen LogP contribution in [0.25, 0.3) is 22.8 Å². The zero-order valence-corrected chi connectivity index (χ0v) is 38.9. The number of carbonyl (C=O) groups excluding carboxylic acids is 2. The Hall–Kier alpha value is -6.52. The maximum atomic E-state index is 12.6. The molecule has 4 aromatic carbocycles. The summed E-state index contributed by atoms with van der Waals surface area (Å²) in [5, 5.41) is 25.4. The van der Waals surface area contributed by atoms with Crippen LogP contribution in [0, 0.1) is 11.8 Å². The molecule has 1 aromatic heterocycles. The fourth-order valence-corrected chi connectivity index (χ4v) is 9.23. The number of halogens is 2. The number of hydrogen-bond acceptors (Lipinski definition) is 12. The van der Waals surface area contributed by atoms with Gasteiger partial charge in [0.15, 0.2) is 5.84 Å². The predicted molar refractivity (Wildman–Crippen MR) is 249 cm³/mol. The average molecular weight is 944 g/mol. The molecule has 348 valence electrons. The summed E-state index contributed by atoms with van der Waals surface area (Å²) in [4.78, 5) is 44.0. The number of oxime groups is 1. The van der Waals surface area contributed by atoms with E-state index in [9.17, 15) is 14.4 Å². The Kier molecular flexibility index (Phi) is 14.6. The molecule has 4 N–H and O–H groups in total. The van der Waals surface area contributed by atoms with Crippen molar-refractivity contribution in [2.75, 3.05) is 24.0 Å². The highest BCUT2D eigenvalue weighted by Gasteiger charge is 2.46. The summed E-state index contributed by atoms with van der Waals surface area (Å²) in [6, 6.07) is 21.4. The summed E-state index contributed by atoms with van der Waals surface area (Å²) < 4.78 is 27.3. The van der Waals surface area contributed by atoms with Crippen LogP contribution in [0.1, 0.15) is 82.1 Å². The minimum Gasteiger partial charge on any atom is -0.496 e. The van der Waals surface area contributed by atoms with Gasteiger partial charge in [0.2, 0.25) is 17.6 Å². The first-order chi connectivity index (χ1) is 31.6. The fraction of sp³-hybridized carbons (Fsp3) is 0.375. The number of methoxy groups -OCH3 is 2. The number of carboxylic acids is 1. The van der Waals surface area contributed by atoms with Crippen molar-refractivity contribution in [1.29, 1.82) is 0 Å². The van der Waals surface area contributed by atoms with Crippen molar-refractivity contribution >= 4 is 58.2 Å². The van der Waals surface area contributed by atoms with Crippen LogP contribution in [0.2, 0.25) is 10.0 Å². The van der Waals surface area contributed by atoms with Crippen molar-refractivity contribution in [3.8, 4) is 45.8 Å². The van der Waals surface area contributed by atoms with Gasteiger partial charge in [0.05, 0.1) is 42.0 Å². The SMILES string of the molecule is CC(C)Oc1ccc(/C(N)=N/O)cc1Cl.COc1cc(N2C(=O)[C@@H]3CC[C@H]2C3)ccc1-c1nc(-c2ccc(OC(C)C)c(Cl)c2)no1.COc1cc(N2C(=O)[C@@H]3CC[C@H]2C3)ccc1C(=O)O. The second-order valence-corrected chi connectivity index (χ2v) is 17.7. The Labute approximate surface area is 392 Å². The van der Waals surface area contributed by atoms with Gasteiger partial charge < -0.3 is 49.3 Å². The quantitative estimate of drug-likeness (QED) is 0.0461. The number of hydrogen-bond donors (Lipinski definition) is 3. The first kappa shape index (κ1) is 47.4. The molecule has 4 atom stereocenters. The molecule has 0 radical (unpaired) electrons. The molecule has 5 aromatic rings. The normalized spacial score (nSPS) is 19.5. The molecular formula is C48H52Cl2N6O10. The number of nitrogens with zero attached hydrogens (tertiary/aromatic N) is 5. The van der Waals surface area contributed by atoms with Gasteiger partial charge in [-0.05, 0) is 127 Å². The van der Waals surface area contributed by atoms with E-state index in [1.54, 1.807) is 54.5 Å². The van der Waals surface area contributed by atoms with Crippen molar-refractivity contribution in [3.63, 3.8) is 0 Å². The first-order valence-corrected chi connectivity index (χ1v) is 22.4. The standard InChI is InChI=1S/C24H24ClN3O4.C14H15NO4.C10H13ClN2O2/c1-13(2)31-20-9-5-14(11-19(20)25)22-26-23(32-27-22)18-8-7-17(12-21(18)30-3)28-16-6-4-15(10-16)24(28)29;1-19-12-7-10(4-5-11(12)14(17)18)15-9-3-2-8(6-9)13(15)16;1-6(2)15-9-4-3-7(5-8(9)11)10(12)13-14/h5,7-9,11-13,15-16H,4,6,10H2,1-3H3;4-5,7-9H,2-3,6H2,1H3,(H,17,18);3-6,14H,1-2H3,(H2,12,13)/t15-,16+;8-,9+;/m11./s1. The highest BCUT2D eigenvalue weighted by Crippen LogP contribution is 2.44. The van der Waals surface area contributed by atoms with E-state index in [-0.39, 0.29) is 59.3 Å². The molecule has 4 bridgehead atoms. The molecule has 2 amide bonds. The van der Waals surface area contributed by atoms with E-state index in [0.29, 0.717) is 55.9 Å². The molecule has 18 heteroatoms. The minimum atomic E-state index is -1.03. The van der Waals surface area contributed by atoms with Crippen molar-refractivity contribution in [2.24, 2.45) is 22.7 Å². The molecule has 4 fully saturated rings. The number of aromatic nitrogens is 2. The third-order valence-corrected chi connectivity index (χ3v) is 12.4. The third-order valence-electron chi connectivity index (χ3n) is 11.8. The van der Waals surface area contributed by atoms with E-state index in [4.69, 9.17) is 62.7 Å². The highest BCUT2D eigenvalue weighted by atomic mass is 35.5. The van der Waals surface area contributed by atoms with E-state index >= 15 is 0 Å². The molecule has 0 spiro atoms. The van der Waals surface area contributed by atoms with E-state index in [1.165, 1.54) is 13.2 Å². The van der Waals surface area contributed by atoms with Gasteiger partial charge >= 0.3 is 5.97 Å². The molecular weight excluding hydrogens is 891 g/mol. The maximum absolute atomic E-state index is 12.6. The molecule has 2 aliphatic carbocycles. The number of ether oxygens (including phenoxy) is 4. The number of benzene rings is 4. The van der Waals surface area contributed by atoms with E-state index in [2.05, 4.69) is 15.3 Å². The van der Waals surface area contributed by atoms with Gasteiger partial charge in [0, 0.05) is 58.6 Å². The van der Waals surface area contributed by atoms with Crippen LogP contribution in [-0.4, -0.2) is 82.6 Å². The van der Waals surface area contributed by atoms with Gasteiger partial charge in [0.25, 0.3) is 5.89 Å². The molecule has 9 rings (SSSR count). The number of anilines is 2. The lowest BCUT2D eigenvalue weighted by molar-refractivity contribution is -0.121. The lowest BCUT2D eigenvalue weighted by Gasteiger charge is -2.27. The van der Waals surface area contributed by atoms with Crippen molar-refractivity contribution < 1.29 is 48.2 Å². The maximum Gasteiger partial charge on any atom is 0.339 e. The van der Waals surface area contributed by atoms with Crippen molar-refractivity contribution in [3.05, 3.63) is 94.0 Å². The lowest BCUT2D eigenvalue weighted by atomic mass is 10.1. The number of aromatic carboxylic acids is 1. The number of fused-ring (bicyclic) bond motifs is 4. The van der Waals surface area contributed by atoms with Crippen LogP contribution in [0.15, 0.2) is 82.5 Å². The molecule has 66 heavy (non-hydrogen) atoms. The van der Waals surface area contributed by atoms with Crippen LogP contribution in [-0.2, 0) is 9.59 Å². The molecule has 0 unspecified atom stereocenters. The Morgan fingerprint density at radius 2 is 1.30 bits per heavy atom. The summed E-state index contributed by atoms with van der Waals surface area (Å²) in [6.07, 6.45) is 5.99. The van der Waals surface area contributed by atoms with Crippen LogP contribution < -0.4 is 34.5 Å². The second-order valence-electron chi connectivity index (χ2n) is 16.9. The van der Waals surface area contributed by atoms with Crippen LogP contribution in [0.5, 0.6) is 23.0 Å². The summed E-state index contributed by atoms with van der Waals surface area (Å²) in [5.41, 5.74) is 9.04. The lowest BCUT2D eigenvalue weighted by Crippen LogP contribution is -2.36. The fourth-order valence-electron chi connectivity index (χ4n) is 8.78. The minimum absolute atomic E-state index is 0.0213. The Morgan fingerprint density at radius 3 is 1.79 bits per heavy atom. The van der Waals surface area contributed by atoms with Gasteiger partial charge in [-0.1, -0.05) is 33.5 Å². The monoisotopic (exact) mass is 942 g/mol. The van der Waals surface area contributed by atoms with Gasteiger partial charge in [0.1, 0.15) is 28.6 Å². The first-order valence-electron chi connectivity index (χ1n) is 21.6. The number of amidine groups is 1. The Morgan fingerprint density at radius 1 is 0.758 bits per heavy atom. The molecule has 16 nitrogen and oxygen atoms in total. The number of amides is 2. The summed E-state index contributed by atoms with van der Waals surface area (Å²) >= 11 is 12.3. The second kappa shape index (κ2) is 20.3. The molecule has 2 aliphatic heterocycles. The number of piperidine rings is 2. The van der Waals surface area contributed by atoms with Crippen LogP contribution in [0.4, 0.5) is 11.4 Å².